The lowest BCUT2D eigenvalue weighted by molar-refractivity contribution is -0.142. The van der Waals surface area contributed by atoms with Gasteiger partial charge in [0.05, 0.1) is 27.4 Å². The molecule has 1 aromatic heterocycles. The van der Waals surface area contributed by atoms with Crippen LogP contribution in [-0.2, 0) is 40.4 Å². The number of halogens is 2. The SMILES string of the molecule is N#Cc1ccc(-c2ccc(C[C@H](NC(=O)[C@@H]3Cc4cc5c(cc4CN3C(=O)c3ccccn3)OC(c3ccc(OCc4ccc(Cl)c(Cl)c4)cc3)C(=O)N5)C(=O)O)cc2)cc1. The highest BCUT2D eigenvalue weighted by atomic mass is 35.5. The van der Waals surface area contributed by atoms with Gasteiger partial charge in [0.2, 0.25) is 12.0 Å². The number of amides is 3. The van der Waals surface area contributed by atoms with Gasteiger partial charge in [-0.05, 0) is 94.0 Å². The summed E-state index contributed by atoms with van der Waals surface area (Å²) < 4.78 is 12.2. The molecule has 0 saturated carbocycles. The summed E-state index contributed by atoms with van der Waals surface area (Å²) in [7, 11) is 0. The number of hydrogen-bond donors (Lipinski definition) is 3. The summed E-state index contributed by atoms with van der Waals surface area (Å²) in [4.78, 5) is 59.7. The Labute approximate surface area is 360 Å². The molecule has 1 unspecified atom stereocenters. The van der Waals surface area contributed by atoms with Crippen molar-refractivity contribution in [1.29, 1.82) is 5.26 Å². The van der Waals surface area contributed by atoms with E-state index in [9.17, 15) is 24.3 Å². The number of anilines is 1. The minimum atomic E-state index is -1.31. The number of aliphatic carboxylic acids is 1. The van der Waals surface area contributed by atoms with Crippen LogP contribution in [0, 0.1) is 11.3 Å². The van der Waals surface area contributed by atoms with Crippen LogP contribution in [0.15, 0.2) is 128 Å². The normalized spacial score (nSPS) is 15.8. The quantitative estimate of drug-likeness (QED) is 0.117. The van der Waals surface area contributed by atoms with Crippen LogP contribution in [0.2, 0.25) is 10.0 Å². The standard InChI is InChI=1S/C47H35Cl2N5O7/c48-36-17-8-29(19-37(36)49)26-60-35-15-13-32(14-16-35)43-45(56)52-39-21-33-22-41(54(25-34(33)23-42(39)61-43)46(57)38-3-1-2-18-51-38)44(55)53-40(47(58)59)20-27-4-9-30(10-5-27)31-11-6-28(24-50)7-12-31/h1-19,21,23,40-41,43H,20,22,25-26H2,(H,52,56)(H,53,55)(H,58,59)/t40-,41-,43?/m0/s1. The fourth-order valence-electron chi connectivity index (χ4n) is 7.30. The van der Waals surface area contributed by atoms with Crippen molar-refractivity contribution in [2.24, 2.45) is 0 Å². The van der Waals surface area contributed by atoms with Crippen LogP contribution in [0.25, 0.3) is 11.1 Å². The Hall–Kier alpha value is -7.20. The predicted octanol–water partition coefficient (Wildman–Crippen LogP) is 7.96. The summed E-state index contributed by atoms with van der Waals surface area (Å²) in [5, 5.41) is 25.8. The lowest BCUT2D eigenvalue weighted by Crippen LogP contribution is -2.56. The third-order valence-electron chi connectivity index (χ3n) is 10.5. The van der Waals surface area contributed by atoms with Crippen LogP contribution < -0.4 is 20.1 Å². The van der Waals surface area contributed by atoms with E-state index in [2.05, 4.69) is 21.7 Å². The number of carbonyl (C=O) groups excluding carboxylic acids is 3. The van der Waals surface area contributed by atoms with E-state index in [-0.39, 0.29) is 31.7 Å². The van der Waals surface area contributed by atoms with Crippen molar-refractivity contribution in [2.75, 3.05) is 5.32 Å². The third-order valence-corrected chi connectivity index (χ3v) is 11.3. The third kappa shape index (κ3) is 9.04. The molecule has 0 bridgehead atoms. The molecular weight excluding hydrogens is 817 g/mol. The van der Waals surface area contributed by atoms with Gasteiger partial charge in [-0.15, -0.1) is 0 Å². The zero-order valence-electron chi connectivity index (χ0n) is 32.2. The lowest BCUT2D eigenvalue weighted by Gasteiger charge is -2.37. The first-order chi connectivity index (χ1) is 29.5. The van der Waals surface area contributed by atoms with Crippen LogP contribution in [-0.4, -0.2) is 50.8 Å². The Bertz CT molecular complexity index is 2690. The minimum Gasteiger partial charge on any atom is -0.489 e. The molecule has 2 aliphatic rings. The summed E-state index contributed by atoms with van der Waals surface area (Å²) in [6.45, 7) is 0.242. The molecule has 61 heavy (non-hydrogen) atoms. The molecule has 8 rings (SSSR count). The van der Waals surface area contributed by atoms with Gasteiger partial charge < -0.3 is 30.1 Å². The number of rotatable bonds is 11. The average Bonchev–Trinajstić information content (AvgIpc) is 3.28. The maximum absolute atomic E-state index is 14.1. The number of benzene rings is 5. The molecule has 0 fully saturated rings. The Morgan fingerprint density at radius 3 is 2.30 bits per heavy atom. The zero-order chi connectivity index (χ0) is 42.6. The summed E-state index contributed by atoms with van der Waals surface area (Å²) in [6, 6.07) is 34.7. The second-order valence-electron chi connectivity index (χ2n) is 14.6. The van der Waals surface area contributed by atoms with Crippen molar-refractivity contribution in [3.63, 3.8) is 0 Å². The molecule has 0 radical (unpaired) electrons. The van der Waals surface area contributed by atoms with E-state index < -0.39 is 41.9 Å². The fourth-order valence-corrected chi connectivity index (χ4v) is 7.62. The molecule has 14 heteroatoms. The average molecular weight is 853 g/mol. The number of pyridine rings is 1. The lowest BCUT2D eigenvalue weighted by atomic mass is 9.91. The number of hydrogen-bond acceptors (Lipinski definition) is 8. The Morgan fingerprint density at radius 1 is 0.902 bits per heavy atom. The van der Waals surface area contributed by atoms with Crippen molar-refractivity contribution in [2.45, 2.75) is 44.2 Å². The van der Waals surface area contributed by atoms with Gasteiger partial charge in [0.15, 0.2) is 0 Å². The van der Waals surface area contributed by atoms with Gasteiger partial charge in [-0.25, -0.2) is 4.79 Å². The first-order valence-electron chi connectivity index (χ1n) is 19.2. The van der Waals surface area contributed by atoms with Crippen molar-refractivity contribution >= 4 is 52.6 Å². The molecule has 6 aromatic rings. The van der Waals surface area contributed by atoms with Crippen LogP contribution in [0.1, 0.15) is 50.0 Å². The van der Waals surface area contributed by atoms with Crippen molar-refractivity contribution in [3.8, 4) is 28.7 Å². The molecular formula is C47H35Cl2N5O7. The van der Waals surface area contributed by atoms with E-state index in [1.165, 1.54) is 11.1 Å². The highest BCUT2D eigenvalue weighted by Gasteiger charge is 2.39. The van der Waals surface area contributed by atoms with Gasteiger partial charge in [-0.3, -0.25) is 19.4 Å². The summed E-state index contributed by atoms with van der Waals surface area (Å²) in [6.07, 6.45) is 0.512. The second kappa shape index (κ2) is 17.6. The zero-order valence-corrected chi connectivity index (χ0v) is 33.7. The van der Waals surface area contributed by atoms with E-state index in [0.29, 0.717) is 55.0 Å². The molecule has 304 valence electrons. The first-order valence-corrected chi connectivity index (χ1v) is 19.9. The minimum absolute atomic E-state index is 0.0151. The second-order valence-corrected chi connectivity index (χ2v) is 15.4. The molecule has 0 spiro atoms. The van der Waals surface area contributed by atoms with E-state index >= 15 is 0 Å². The van der Waals surface area contributed by atoms with Gasteiger partial charge in [0.1, 0.15) is 35.9 Å². The van der Waals surface area contributed by atoms with E-state index in [1.54, 1.807) is 91.0 Å². The van der Waals surface area contributed by atoms with Crippen LogP contribution >= 0.6 is 23.2 Å². The predicted molar refractivity (Wildman–Crippen MR) is 227 cm³/mol. The Balaban J connectivity index is 0.991. The molecule has 3 heterocycles. The number of aromatic nitrogens is 1. The molecule has 0 aliphatic carbocycles. The van der Waals surface area contributed by atoms with Gasteiger partial charge in [-0.1, -0.05) is 83.9 Å². The van der Waals surface area contributed by atoms with Crippen LogP contribution in [0.4, 0.5) is 5.69 Å². The topological polar surface area (TPSA) is 171 Å². The number of nitrogens with one attached hydrogen (secondary N) is 2. The molecule has 3 amide bonds. The largest absolute Gasteiger partial charge is 0.489 e. The van der Waals surface area contributed by atoms with Crippen molar-refractivity contribution in [1.82, 2.24) is 15.2 Å². The number of carbonyl (C=O) groups is 4. The number of carboxylic acids is 1. The van der Waals surface area contributed by atoms with Crippen molar-refractivity contribution in [3.05, 3.63) is 177 Å². The Morgan fingerprint density at radius 2 is 1.62 bits per heavy atom. The molecule has 0 saturated heterocycles. The van der Waals surface area contributed by atoms with Gasteiger partial charge in [-0.2, -0.15) is 5.26 Å². The molecule has 2 aliphatic heterocycles. The number of carboxylic acid groups (broad SMARTS) is 1. The number of ether oxygens (including phenoxy) is 2. The van der Waals surface area contributed by atoms with E-state index in [4.69, 9.17) is 37.9 Å². The molecule has 3 N–H and O–H groups in total. The van der Waals surface area contributed by atoms with Gasteiger partial charge in [0, 0.05) is 31.1 Å². The smallest absolute Gasteiger partial charge is 0.326 e. The fraction of sp³-hybridized carbons (Fsp3) is 0.149. The molecule has 12 nitrogen and oxygen atoms in total. The first kappa shape index (κ1) is 40.6. The maximum atomic E-state index is 14.1. The van der Waals surface area contributed by atoms with E-state index in [1.807, 2.05) is 30.3 Å². The van der Waals surface area contributed by atoms with Gasteiger partial charge >= 0.3 is 5.97 Å². The summed E-state index contributed by atoms with van der Waals surface area (Å²) in [5.41, 5.74) is 6.29. The van der Waals surface area contributed by atoms with Gasteiger partial charge in [0.25, 0.3) is 11.8 Å². The molecule has 5 aromatic carbocycles. The number of fused-ring (bicyclic) bond motifs is 2. The Kier molecular flexibility index (Phi) is 11.7. The monoisotopic (exact) mass is 851 g/mol. The number of nitriles is 1. The highest BCUT2D eigenvalue weighted by molar-refractivity contribution is 6.42. The van der Waals surface area contributed by atoms with Crippen LogP contribution in [0.5, 0.6) is 11.5 Å². The van der Waals surface area contributed by atoms with E-state index in [0.717, 1.165) is 16.7 Å². The summed E-state index contributed by atoms with van der Waals surface area (Å²) >= 11 is 12.1. The highest BCUT2D eigenvalue weighted by Crippen LogP contribution is 2.40. The summed E-state index contributed by atoms with van der Waals surface area (Å²) in [5.74, 6) is -1.85. The van der Waals surface area contributed by atoms with Crippen LogP contribution in [0.3, 0.4) is 0 Å². The maximum Gasteiger partial charge on any atom is 0.326 e. The molecule has 3 atom stereocenters. The van der Waals surface area contributed by atoms with Crippen molar-refractivity contribution < 1.29 is 33.8 Å². The number of nitrogens with zero attached hydrogens (tertiary/aromatic N) is 3.